The molecule has 0 aliphatic rings. The summed E-state index contributed by atoms with van der Waals surface area (Å²) < 4.78 is 3.61. The van der Waals surface area contributed by atoms with E-state index in [0.717, 1.165) is 61.3 Å². The fourth-order valence-corrected chi connectivity index (χ4v) is 6.36. The van der Waals surface area contributed by atoms with Crippen LogP contribution in [0.15, 0.2) is 122 Å². The largest absolute Gasteiger partial charge is 0.390 e. The Labute approximate surface area is 343 Å². The molecule has 0 spiro atoms. The number of pyridine rings is 6. The Balaban J connectivity index is 0.000000172. The number of fused-ring (bicyclic) bond motifs is 2. The highest BCUT2D eigenvalue weighted by molar-refractivity contribution is 6.29. The zero-order valence-electron chi connectivity index (χ0n) is 32.1. The molecule has 9 aromatic rings. The van der Waals surface area contributed by atoms with Crippen LogP contribution in [0.1, 0.15) is 48.1 Å². The van der Waals surface area contributed by atoms with Gasteiger partial charge >= 0.3 is 0 Å². The summed E-state index contributed by atoms with van der Waals surface area (Å²) in [7, 11) is 0. The maximum atomic E-state index is 9.29. The van der Waals surface area contributed by atoms with Gasteiger partial charge in [-0.15, -0.1) is 5.10 Å². The molecule has 9 rings (SSSR count). The van der Waals surface area contributed by atoms with Gasteiger partial charge in [-0.25, -0.2) is 9.97 Å². The molecule has 16 heteroatoms. The number of halogens is 1. The van der Waals surface area contributed by atoms with E-state index < -0.39 is 0 Å². The SMILES string of the molecule is CC(C)c1cnnc(Nc2ccc3ncc(-c4cnn(Cc5cccc(CO)n5)c4)cc3n2)c1.OCc1cccc(Cn2cc(-c3cnc4ccc(Cl)nc4c3)cn2)n1. The molecule has 0 atom stereocenters. The summed E-state index contributed by atoms with van der Waals surface area (Å²) in [6.45, 7) is 5.12. The lowest BCUT2D eigenvalue weighted by atomic mass is 10.1. The van der Waals surface area contributed by atoms with Crippen LogP contribution in [-0.2, 0) is 26.3 Å². The van der Waals surface area contributed by atoms with Crippen molar-refractivity contribution in [2.24, 2.45) is 0 Å². The molecule has 0 radical (unpaired) electrons. The minimum absolute atomic E-state index is 0.0729. The van der Waals surface area contributed by atoms with Crippen LogP contribution < -0.4 is 5.32 Å². The Kier molecular flexibility index (Phi) is 11.6. The van der Waals surface area contributed by atoms with Crippen molar-refractivity contribution in [2.75, 3.05) is 5.32 Å². The molecule has 0 saturated heterocycles. The summed E-state index contributed by atoms with van der Waals surface area (Å²) in [4.78, 5) is 26.8. The fraction of sp³-hybridized carbons (Fsp3) is 0.163. The molecule has 15 nitrogen and oxygen atoms in total. The van der Waals surface area contributed by atoms with Crippen molar-refractivity contribution in [1.29, 1.82) is 0 Å². The van der Waals surface area contributed by atoms with E-state index in [0.29, 0.717) is 47.2 Å². The standard InChI is InChI=1S/C25H24N8O.C18H14ClN5O/c1-16(2)17-9-25(32-27-11-17)31-24-7-6-22-23(30-24)8-18(10-26-22)19-12-28-33(13-19)14-20-4-3-5-21(15-34)29-20;19-18-5-4-16-17(23-18)6-12(7-20-16)13-8-21-24(9-13)10-14-2-1-3-15(11-25)22-14/h3-13,16,34H,14-15H2,1-2H3,(H,30,31,32);1-9,25H,10-11H2. The number of anilines is 2. The molecule has 9 aromatic heterocycles. The first kappa shape index (κ1) is 38.8. The van der Waals surface area contributed by atoms with Crippen LogP contribution in [0.25, 0.3) is 44.3 Å². The minimum Gasteiger partial charge on any atom is -0.390 e. The third kappa shape index (κ3) is 9.56. The number of nitrogens with one attached hydrogen (secondary N) is 1. The predicted octanol–water partition coefficient (Wildman–Crippen LogP) is 7.17. The van der Waals surface area contributed by atoms with Crippen molar-refractivity contribution < 1.29 is 10.2 Å². The number of aliphatic hydroxyl groups is 2. The van der Waals surface area contributed by atoms with Gasteiger partial charge in [0.25, 0.3) is 0 Å². The zero-order valence-corrected chi connectivity index (χ0v) is 32.8. The first-order chi connectivity index (χ1) is 28.8. The summed E-state index contributed by atoms with van der Waals surface area (Å²) in [5.41, 5.74) is 10.9. The van der Waals surface area contributed by atoms with E-state index in [1.807, 2.05) is 83.9 Å². The fourth-order valence-electron chi connectivity index (χ4n) is 6.20. The van der Waals surface area contributed by atoms with Crippen LogP contribution in [0.2, 0.25) is 5.15 Å². The number of hydrogen-bond donors (Lipinski definition) is 3. The van der Waals surface area contributed by atoms with Crippen molar-refractivity contribution in [2.45, 2.75) is 46.1 Å². The molecule has 0 fully saturated rings. The molecular formula is C43H38ClN13O2. The summed E-state index contributed by atoms with van der Waals surface area (Å²) in [6.07, 6.45) is 12.9. The number of hydrogen-bond acceptors (Lipinski definition) is 13. The second-order valence-corrected chi connectivity index (χ2v) is 14.3. The Morgan fingerprint density at radius 2 is 1.14 bits per heavy atom. The average Bonchev–Trinajstić information content (AvgIpc) is 3.94. The maximum Gasteiger partial charge on any atom is 0.154 e. The second-order valence-electron chi connectivity index (χ2n) is 13.9. The minimum atomic E-state index is -0.0828. The monoisotopic (exact) mass is 803 g/mol. The lowest BCUT2D eigenvalue weighted by molar-refractivity contribution is 0.276. The van der Waals surface area contributed by atoms with Gasteiger partial charge in [0.1, 0.15) is 11.0 Å². The first-order valence-corrected chi connectivity index (χ1v) is 19.1. The average molecular weight is 804 g/mol. The van der Waals surface area contributed by atoms with Crippen LogP contribution in [0, 0.1) is 0 Å². The third-order valence-corrected chi connectivity index (χ3v) is 9.48. The number of nitrogens with zero attached hydrogens (tertiary/aromatic N) is 12. The highest BCUT2D eigenvalue weighted by Crippen LogP contribution is 2.25. The van der Waals surface area contributed by atoms with Crippen molar-refractivity contribution in [1.82, 2.24) is 59.7 Å². The third-order valence-electron chi connectivity index (χ3n) is 9.27. The predicted molar refractivity (Wildman–Crippen MR) is 224 cm³/mol. The Bertz CT molecular complexity index is 2880. The topological polar surface area (TPSA) is 191 Å². The van der Waals surface area contributed by atoms with Crippen LogP contribution in [0.3, 0.4) is 0 Å². The summed E-state index contributed by atoms with van der Waals surface area (Å²) in [5, 5.41) is 39.2. The molecule has 0 aromatic carbocycles. The number of aromatic nitrogens is 12. The maximum absolute atomic E-state index is 9.29. The molecule has 294 valence electrons. The molecule has 0 aliphatic heterocycles. The van der Waals surface area contributed by atoms with Crippen LogP contribution in [-0.4, -0.2) is 69.9 Å². The second kappa shape index (κ2) is 17.6. The van der Waals surface area contributed by atoms with Gasteiger partial charge in [0.05, 0.1) is 89.7 Å². The van der Waals surface area contributed by atoms with E-state index in [1.54, 1.807) is 47.7 Å². The molecule has 59 heavy (non-hydrogen) atoms. The smallest absolute Gasteiger partial charge is 0.154 e. The Morgan fingerprint density at radius 1 is 0.576 bits per heavy atom. The van der Waals surface area contributed by atoms with E-state index in [4.69, 9.17) is 16.6 Å². The van der Waals surface area contributed by atoms with Crippen LogP contribution in [0.5, 0.6) is 0 Å². The molecule has 0 unspecified atom stereocenters. The van der Waals surface area contributed by atoms with E-state index >= 15 is 0 Å². The quantitative estimate of drug-likeness (QED) is 0.112. The van der Waals surface area contributed by atoms with Gasteiger partial charge in [0, 0.05) is 47.0 Å². The Hall–Kier alpha value is -7.07. The molecule has 0 aliphatic carbocycles. The van der Waals surface area contributed by atoms with Gasteiger partial charge in [-0.3, -0.25) is 29.3 Å². The van der Waals surface area contributed by atoms with Gasteiger partial charge in [-0.1, -0.05) is 37.6 Å². The molecular weight excluding hydrogens is 766 g/mol. The highest BCUT2D eigenvalue weighted by atomic mass is 35.5. The molecule has 0 bridgehead atoms. The normalized spacial score (nSPS) is 11.2. The lowest BCUT2D eigenvalue weighted by Crippen LogP contribution is -2.03. The molecule has 9 heterocycles. The van der Waals surface area contributed by atoms with Gasteiger partial charge < -0.3 is 15.5 Å². The van der Waals surface area contributed by atoms with Crippen LogP contribution >= 0.6 is 11.6 Å². The Morgan fingerprint density at radius 3 is 1.71 bits per heavy atom. The van der Waals surface area contributed by atoms with E-state index in [2.05, 4.69) is 64.5 Å². The van der Waals surface area contributed by atoms with Crippen molar-refractivity contribution in [3.05, 3.63) is 156 Å². The number of aliphatic hydroxyl groups excluding tert-OH is 2. The molecule has 0 amide bonds. The summed E-state index contributed by atoms with van der Waals surface area (Å²) >= 11 is 5.96. The van der Waals surface area contributed by atoms with Gasteiger partial charge in [0.15, 0.2) is 5.82 Å². The van der Waals surface area contributed by atoms with Crippen LogP contribution in [0.4, 0.5) is 11.6 Å². The van der Waals surface area contributed by atoms with Crippen molar-refractivity contribution >= 4 is 45.3 Å². The summed E-state index contributed by atoms with van der Waals surface area (Å²) in [5.74, 6) is 1.69. The van der Waals surface area contributed by atoms with Crippen molar-refractivity contribution in [3.63, 3.8) is 0 Å². The molecule has 3 N–H and O–H groups in total. The van der Waals surface area contributed by atoms with E-state index in [9.17, 15) is 10.2 Å². The van der Waals surface area contributed by atoms with Gasteiger partial charge in [-0.05, 0) is 78.2 Å². The van der Waals surface area contributed by atoms with Gasteiger partial charge in [0.2, 0.25) is 0 Å². The number of rotatable bonds is 11. The van der Waals surface area contributed by atoms with E-state index in [-0.39, 0.29) is 13.2 Å². The van der Waals surface area contributed by atoms with E-state index in [1.165, 1.54) is 0 Å². The molecule has 0 saturated carbocycles. The highest BCUT2D eigenvalue weighted by Gasteiger charge is 2.10. The lowest BCUT2D eigenvalue weighted by Gasteiger charge is -2.09. The zero-order chi connectivity index (χ0) is 40.7. The summed E-state index contributed by atoms with van der Waals surface area (Å²) in [6, 6.07) is 24.5. The van der Waals surface area contributed by atoms with Gasteiger partial charge in [-0.2, -0.15) is 15.3 Å². The van der Waals surface area contributed by atoms with Crippen molar-refractivity contribution in [3.8, 4) is 22.3 Å². The first-order valence-electron chi connectivity index (χ1n) is 18.7.